The maximum absolute atomic E-state index is 12.3. The lowest BCUT2D eigenvalue weighted by molar-refractivity contribution is -0.116. The van der Waals surface area contributed by atoms with Crippen LogP contribution >= 0.6 is 22.9 Å². The van der Waals surface area contributed by atoms with Gasteiger partial charge in [0, 0.05) is 28.5 Å². The zero-order valence-corrected chi connectivity index (χ0v) is 16.5. The summed E-state index contributed by atoms with van der Waals surface area (Å²) < 4.78 is 5.83. The Morgan fingerprint density at radius 3 is 2.79 bits per heavy atom. The monoisotopic (exact) mass is 413 g/mol. The van der Waals surface area contributed by atoms with Crippen molar-refractivity contribution in [3.63, 3.8) is 0 Å². The number of thiazole rings is 1. The molecule has 1 aliphatic rings. The molecule has 1 aromatic heterocycles. The van der Waals surface area contributed by atoms with E-state index >= 15 is 0 Å². The molecule has 0 fully saturated rings. The van der Waals surface area contributed by atoms with Gasteiger partial charge in [-0.25, -0.2) is 4.98 Å². The van der Waals surface area contributed by atoms with Gasteiger partial charge in [0.25, 0.3) is 5.91 Å². The van der Waals surface area contributed by atoms with Crippen molar-refractivity contribution >= 4 is 45.6 Å². The van der Waals surface area contributed by atoms with Crippen LogP contribution in [0.25, 0.3) is 11.3 Å². The Bertz CT molecular complexity index is 1050. The molecule has 6 nitrogen and oxygen atoms in total. The minimum atomic E-state index is -0.228. The highest BCUT2D eigenvalue weighted by Crippen LogP contribution is 2.43. The second kappa shape index (κ2) is 7.61. The summed E-state index contributed by atoms with van der Waals surface area (Å²) in [5.74, 6) is 0.262. The number of nitrogens with zero attached hydrogens (tertiary/aromatic N) is 2. The molecule has 0 bridgehead atoms. The first-order chi connectivity index (χ1) is 13.5. The average molecular weight is 414 g/mol. The molecule has 142 valence electrons. The van der Waals surface area contributed by atoms with Crippen molar-refractivity contribution in [1.29, 1.82) is 0 Å². The Morgan fingerprint density at radius 1 is 1.25 bits per heavy atom. The lowest BCUT2D eigenvalue weighted by Crippen LogP contribution is -2.36. The molecule has 3 aromatic rings. The Morgan fingerprint density at radius 2 is 2.04 bits per heavy atom. The largest absolute Gasteiger partial charge is 0.489 e. The summed E-state index contributed by atoms with van der Waals surface area (Å²) in [6.45, 7) is 2.37. The molecule has 0 atom stereocenters. The van der Waals surface area contributed by atoms with Crippen LogP contribution in [0, 0.1) is 0 Å². The molecule has 0 saturated carbocycles. The predicted molar refractivity (Wildman–Crippen MR) is 110 cm³/mol. The average Bonchev–Trinajstić information content (AvgIpc) is 3.15. The Hall–Kier alpha value is -2.90. The van der Waals surface area contributed by atoms with Gasteiger partial charge in [0.2, 0.25) is 5.91 Å². The van der Waals surface area contributed by atoms with Crippen molar-refractivity contribution in [3.05, 3.63) is 58.4 Å². The first-order valence-corrected chi connectivity index (χ1v) is 9.85. The van der Waals surface area contributed by atoms with Gasteiger partial charge in [0.05, 0.1) is 17.9 Å². The highest BCUT2D eigenvalue weighted by molar-refractivity contribution is 7.14. The van der Waals surface area contributed by atoms with E-state index < -0.39 is 0 Å². The van der Waals surface area contributed by atoms with E-state index in [1.165, 1.54) is 18.3 Å². The van der Waals surface area contributed by atoms with Gasteiger partial charge in [0.15, 0.2) is 10.9 Å². The maximum atomic E-state index is 12.3. The first kappa shape index (κ1) is 18.5. The molecule has 0 radical (unpaired) electrons. The van der Waals surface area contributed by atoms with Crippen LogP contribution in [0.15, 0.2) is 47.8 Å². The van der Waals surface area contributed by atoms with E-state index in [4.69, 9.17) is 16.3 Å². The lowest BCUT2D eigenvalue weighted by atomic mass is 10.1. The Balaban J connectivity index is 1.66. The van der Waals surface area contributed by atoms with E-state index in [-0.39, 0.29) is 11.8 Å². The first-order valence-electron chi connectivity index (χ1n) is 8.59. The van der Waals surface area contributed by atoms with Crippen LogP contribution in [0.3, 0.4) is 0 Å². The highest BCUT2D eigenvalue weighted by Gasteiger charge is 2.26. The summed E-state index contributed by atoms with van der Waals surface area (Å²) in [5, 5.41) is 5.57. The molecule has 0 spiro atoms. The molecule has 0 saturated heterocycles. The van der Waals surface area contributed by atoms with Gasteiger partial charge in [-0.2, -0.15) is 0 Å². The van der Waals surface area contributed by atoms with Crippen molar-refractivity contribution in [2.24, 2.45) is 0 Å². The number of nitrogens with one attached hydrogen (secondary N) is 1. The molecule has 8 heteroatoms. The number of hydrogen-bond acceptors (Lipinski definition) is 5. The lowest BCUT2D eigenvalue weighted by Gasteiger charge is -2.30. The number of aromatic nitrogens is 1. The minimum absolute atomic E-state index is 0.0770. The van der Waals surface area contributed by atoms with Crippen molar-refractivity contribution in [2.75, 3.05) is 23.4 Å². The zero-order valence-electron chi connectivity index (χ0n) is 14.9. The van der Waals surface area contributed by atoms with E-state index in [1.807, 2.05) is 11.4 Å². The van der Waals surface area contributed by atoms with Gasteiger partial charge in [-0.1, -0.05) is 29.8 Å². The van der Waals surface area contributed by atoms with Crippen LogP contribution in [0.2, 0.25) is 5.02 Å². The number of benzene rings is 2. The van der Waals surface area contributed by atoms with E-state index in [0.717, 1.165) is 0 Å². The third kappa shape index (κ3) is 3.58. The number of fused-ring (bicyclic) bond motifs is 1. The standard InChI is InChI=1S/C20H16ClN3O3S/c1-12(25)24-7-8-27-18-15(9-14(21)10-17(18)24)16-11-28-20(22-16)23-19(26)13-5-3-2-4-6-13/h2-6,9-11H,7-8H2,1H3,(H,22,23,26). The smallest absolute Gasteiger partial charge is 0.257 e. The van der Waals surface area contributed by atoms with E-state index in [9.17, 15) is 9.59 Å². The van der Waals surface area contributed by atoms with Crippen molar-refractivity contribution < 1.29 is 14.3 Å². The molecule has 1 N–H and O–H groups in total. The van der Waals surface area contributed by atoms with Crippen LogP contribution in [-0.2, 0) is 4.79 Å². The topological polar surface area (TPSA) is 71.5 Å². The predicted octanol–water partition coefficient (Wildman–Crippen LogP) is 4.46. The molecule has 0 unspecified atom stereocenters. The third-order valence-corrected chi connectivity index (χ3v) is 5.28. The number of amides is 2. The van der Waals surface area contributed by atoms with Crippen LogP contribution in [0.1, 0.15) is 17.3 Å². The van der Waals surface area contributed by atoms with Crippen LogP contribution in [0.5, 0.6) is 5.75 Å². The number of carbonyl (C=O) groups excluding carboxylic acids is 2. The van der Waals surface area contributed by atoms with Crippen molar-refractivity contribution in [1.82, 2.24) is 4.98 Å². The van der Waals surface area contributed by atoms with Gasteiger partial charge in [-0.3, -0.25) is 14.9 Å². The number of ether oxygens (including phenoxy) is 1. The van der Waals surface area contributed by atoms with Gasteiger partial charge in [0.1, 0.15) is 6.61 Å². The van der Waals surface area contributed by atoms with Crippen molar-refractivity contribution in [2.45, 2.75) is 6.92 Å². The minimum Gasteiger partial charge on any atom is -0.489 e. The summed E-state index contributed by atoms with van der Waals surface area (Å²) >= 11 is 7.59. The van der Waals surface area contributed by atoms with Crippen LogP contribution in [0.4, 0.5) is 10.8 Å². The SMILES string of the molecule is CC(=O)N1CCOc2c(-c3csc(NC(=O)c4ccccc4)n3)cc(Cl)cc21. The summed E-state index contributed by atoms with van der Waals surface area (Å²) in [6, 6.07) is 12.4. The number of halogens is 1. The third-order valence-electron chi connectivity index (χ3n) is 4.30. The van der Waals surface area contributed by atoms with E-state index in [2.05, 4.69) is 10.3 Å². The normalized spacial score (nSPS) is 12.9. The Labute approximate surface area is 170 Å². The highest BCUT2D eigenvalue weighted by atomic mass is 35.5. The number of hydrogen-bond donors (Lipinski definition) is 1. The number of anilines is 2. The summed E-state index contributed by atoms with van der Waals surface area (Å²) in [4.78, 5) is 30.4. The molecular weight excluding hydrogens is 398 g/mol. The fraction of sp³-hybridized carbons (Fsp3) is 0.150. The van der Waals surface area contributed by atoms with E-state index in [0.29, 0.717) is 51.6 Å². The van der Waals surface area contributed by atoms with Crippen molar-refractivity contribution in [3.8, 4) is 17.0 Å². The fourth-order valence-corrected chi connectivity index (χ4v) is 3.94. The maximum Gasteiger partial charge on any atom is 0.257 e. The second-order valence-electron chi connectivity index (χ2n) is 6.18. The van der Waals surface area contributed by atoms with Crippen LogP contribution in [-0.4, -0.2) is 29.9 Å². The molecule has 1 aliphatic heterocycles. The molecule has 2 heterocycles. The quantitative estimate of drug-likeness (QED) is 0.688. The molecule has 4 rings (SSSR count). The molecule has 2 amide bonds. The number of rotatable bonds is 3. The summed E-state index contributed by atoms with van der Waals surface area (Å²) in [5.41, 5.74) is 2.49. The molecule has 2 aromatic carbocycles. The Kier molecular flexibility index (Phi) is 5.02. The second-order valence-corrected chi connectivity index (χ2v) is 7.47. The summed E-state index contributed by atoms with van der Waals surface area (Å²) in [7, 11) is 0. The number of carbonyl (C=O) groups is 2. The van der Waals surface area contributed by atoms with Gasteiger partial charge in [-0.15, -0.1) is 11.3 Å². The van der Waals surface area contributed by atoms with Gasteiger partial charge in [-0.05, 0) is 24.3 Å². The zero-order chi connectivity index (χ0) is 19.7. The van der Waals surface area contributed by atoms with E-state index in [1.54, 1.807) is 41.3 Å². The summed E-state index contributed by atoms with van der Waals surface area (Å²) in [6.07, 6.45) is 0. The van der Waals surface area contributed by atoms with Gasteiger partial charge >= 0.3 is 0 Å². The van der Waals surface area contributed by atoms with Crippen LogP contribution < -0.4 is 15.0 Å². The molecule has 0 aliphatic carbocycles. The van der Waals surface area contributed by atoms with Gasteiger partial charge < -0.3 is 9.64 Å². The molecular formula is C20H16ClN3O3S. The molecule has 28 heavy (non-hydrogen) atoms. The fourth-order valence-electron chi connectivity index (χ4n) is 3.02.